The maximum Gasteiger partial charge on any atom is 0.389 e. The van der Waals surface area contributed by atoms with Crippen LogP contribution in [0.15, 0.2) is 22.7 Å². The number of rotatable bonds is 3. The molecule has 0 bridgehead atoms. The van der Waals surface area contributed by atoms with Crippen molar-refractivity contribution in [3.8, 4) is 0 Å². The van der Waals surface area contributed by atoms with Gasteiger partial charge in [0.15, 0.2) is 0 Å². The molecule has 0 radical (unpaired) electrons. The molecule has 16 heavy (non-hydrogen) atoms. The smallest absolute Gasteiger partial charge is 0.324 e. The van der Waals surface area contributed by atoms with E-state index in [-0.39, 0.29) is 10.9 Å². The molecule has 0 heterocycles. The molecule has 0 saturated carbocycles. The molecule has 0 saturated heterocycles. The molecule has 0 aliphatic heterocycles. The second-order valence-electron chi connectivity index (χ2n) is 3.43. The molecule has 2 N–H and O–H groups in total. The van der Waals surface area contributed by atoms with Crippen LogP contribution in [0.2, 0.25) is 0 Å². The second kappa shape index (κ2) is 5.14. The summed E-state index contributed by atoms with van der Waals surface area (Å²) in [6, 6.07) is 3.23. The molecule has 0 unspecified atom stereocenters. The van der Waals surface area contributed by atoms with Gasteiger partial charge < -0.3 is 5.73 Å². The highest BCUT2D eigenvalue weighted by atomic mass is 79.9. The third-order valence-electron chi connectivity index (χ3n) is 2.11. The normalized spacial score (nSPS) is 13.9. The highest BCUT2D eigenvalue weighted by Gasteiger charge is 2.27. The summed E-state index contributed by atoms with van der Waals surface area (Å²) in [5.41, 5.74) is 6.06. The molecule has 0 fully saturated rings. The van der Waals surface area contributed by atoms with Gasteiger partial charge in [0.2, 0.25) is 0 Å². The quantitative estimate of drug-likeness (QED) is 0.841. The van der Waals surface area contributed by atoms with Crippen LogP contribution < -0.4 is 5.73 Å². The maximum absolute atomic E-state index is 12.9. The van der Waals surface area contributed by atoms with E-state index in [1.165, 1.54) is 18.2 Å². The van der Waals surface area contributed by atoms with Crippen LogP contribution in [0, 0.1) is 5.82 Å². The van der Waals surface area contributed by atoms with Gasteiger partial charge in [-0.2, -0.15) is 13.2 Å². The fourth-order valence-corrected chi connectivity index (χ4v) is 1.63. The van der Waals surface area contributed by atoms with Crippen LogP contribution in [0.25, 0.3) is 0 Å². The summed E-state index contributed by atoms with van der Waals surface area (Å²) in [6.07, 6.45) is -5.36. The third-order valence-corrected chi connectivity index (χ3v) is 2.72. The van der Waals surface area contributed by atoms with Crippen molar-refractivity contribution in [1.29, 1.82) is 0 Å². The monoisotopic (exact) mass is 299 g/mol. The van der Waals surface area contributed by atoms with Crippen molar-refractivity contribution < 1.29 is 17.6 Å². The van der Waals surface area contributed by atoms with E-state index in [1.54, 1.807) is 0 Å². The van der Waals surface area contributed by atoms with Crippen molar-refractivity contribution in [2.24, 2.45) is 5.73 Å². The molecule has 0 spiro atoms. The van der Waals surface area contributed by atoms with Gasteiger partial charge in [0, 0.05) is 12.5 Å². The van der Waals surface area contributed by atoms with E-state index in [4.69, 9.17) is 5.73 Å². The molecular weight excluding hydrogens is 290 g/mol. The van der Waals surface area contributed by atoms with Crippen LogP contribution in [0.4, 0.5) is 17.6 Å². The van der Waals surface area contributed by atoms with Crippen molar-refractivity contribution >= 4 is 15.9 Å². The zero-order chi connectivity index (χ0) is 12.3. The summed E-state index contributed by atoms with van der Waals surface area (Å²) < 4.78 is 48.9. The van der Waals surface area contributed by atoms with Crippen LogP contribution in [0.1, 0.15) is 24.4 Å². The Hall–Kier alpha value is -0.620. The number of alkyl halides is 3. The standard InChI is InChI=1S/C10H10BrF4N/c11-7-5-6(1-2-8(7)12)9(16)3-4-10(13,14)15/h1-2,5,9H,3-4,16H2/t9-/m1/s1. The molecule has 1 aromatic carbocycles. The Labute approximate surface area is 98.8 Å². The number of halogens is 5. The van der Waals surface area contributed by atoms with Crippen LogP contribution in [0.3, 0.4) is 0 Å². The Morgan fingerprint density at radius 3 is 2.44 bits per heavy atom. The molecule has 0 aliphatic rings. The Morgan fingerprint density at radius 2 is 1.94 bits per heavy atom. The molecule has 1 rings (SSSR count). The largest absolute Gasteiger partial charge is 0.389 e. The van der Waals surface area contributed by atoms with Gasteiger partial charge in [-0.1, -0.05) is 6.07 Å². The minimum absolute atomic E-state index is 0.201. The van der Waals surface area contributed by atoms with Gasteiger partial charge in [-0.25, -0.2) is 4.39 Å². The van der Waals surface area contributed by atoms with Crippen molar-refractivity contribution in [2.75, 3.05) is 0 Å². The van der Waals surface area contributed by atoms with Gasteiger partial charge in [0.1, 0.15) is 5.82 Å². The average molecular weight is 300 g/mol. The minimum atomic E-state index is -4.21. The average Bonchev–Trinajstić information content (AvgIpc) is 2.17. The van der Waals surface area contributed by atoms with Gasteiger partial charge in [-0.05, 0) is 40.0 Å². The molecule has 6 heteroatoms. The number of benzene rings is 1. The summed E-state index contributed by atoms with van der Waals surface area (Å²) in [4.78, 5) is 0. The first-order valence-corrected chi connectivity index (χ1v) is 5.36. The van der Waals surface area contributed by atoms with E-state index in [1.807, 2.05) is 0 Å². The fourth-order valence-electron chi connectivity index (χ4n) is 1.23. The Balaban J connectivity index is 2.66. The van der Waals surface area contributed by atoms with E-state index in [9.17, 15) is 17.6 Å². The highest BCUT2D eigenvalue weighted by molar-refractivity contribution is 9.10. The van der Waals surface area contributed by atoms with E-state index in [2.05, 4.69) is 15.9 Å². The highest BCUT2D eigenvalue weighted by Crippen LogP contribution is 2.27. The molecule has 1 nitrogen and oxygen atoms in total. The molecule has 0 aliphatic carbocycles. The zero-order valence-electron chi connectivity index (χ0n) is 8.19. The van der Waals surface area contributed by atoms with Crippen LogP contribution in [-0.2, 0) is 0 Å². The predicted molar refractivity (Wildman–Crippen MR) is 56.3 cm³/mol. The number of nitrogens with two attached hydrogens (primary N) is 1. The molecule has 90 valence electrons. The van der Waals surface area contributed by atoms with E-state index in [0.717, 1.165) is 0 Å². The summed E-state index contributed by atoms with van der Waals surface area (Å²) in [5.74, 6) is -0.466. The molecule has 0 aromatic heterocycles. The lowest BCUT2D eigenvalue weighted by atomic mass is 10.0. The van der Waals surface area contributed by atoms with Gasteiger partial charge in [0.05, 0.1) is 4.47 Å². The lowest BCUT2D eigenvalue weighted by molar-refractivity contribution is -0.136. The first-order chi connectivity index (χ1) is 7.29. The molecule has 1 aromatic rings. The second-order valence-corrected chi connectivity index (χ2v) is 4.29. The molecule has 0 amide bonds. The topological polar surface area (TPSA) is 26.0 Å². The molecule has 1 atom stereocenters. The summed E-state index contributed by atoms with van der Waals surface area (Å²) in [6.45, 7) is 0. The Bertz CT molecular complexity index is 364. The fraction of sp³-hybridized carbons (Fsp3) is 0.400. The van der Waals surface area contributed by atoms with Crippen LogP contribution >= 0.6 is 15.9 Å². The number of hydrogen-bond acceptors (Lipinski definition) is 1. The van der Waals surface area contributed by atoms with Crippen LogP contribution in [0.5, 0.6) is 0 Å². The lowest BCUT2D eigenvalue weighted by Gasteiger charge is -2.13. The predicted octanol–water partition coefficient (Wildman–Crippen LogP) is 3.93. The third kappa shape index (κ3) is 4.09. The zero-order valence-corrected chi connectivity index (χ0v) is 9.78. The van der Waals surface area contributed by atoms with Gasteiger partial charge >= 0.3 is 6.18 Å². The SMILES string of the molecule is N[C@H](CCC(F)(F)F)c1ccc(F)c(Br)c1. The van der Waals surface area contributed by atoms with Crippen molar-refractivity contribution in [2.45, 2.75) is 25.1 Å². The van der Waals surface area contributed by atoms with E-state index < -0.39 is 24.5 Å². The van der Waals surface area contributed by atoms with Crippen molar-refractivity contribution in [1.82, 2.24) is 0 Å². The molecular formula is C10H10BrF4N. The minimum Gasteiger partial charge on any atom is -0.324 e. The van der Waals surface area contributed by atoms with Gasteiger partial charge in [0.25, 0.3) is 0 Å². The van der Waals surface area contributed by atoms with Gasteiger partial charge in [-0.3, -0.25) is 0 Å². The summed E-state index contributed by atoms with van der Waals surface area (Å²) >= 11 is 2.95. The van der Waals surface area contributed by atoms with E-state index in [0.29, 0.717) is 5.56 Å². The summed E-state index contributed by atoms with van der Waals surface area (Å²) in [7, 11) is 0. The van der Waals surface area contributed by atoms with Gasteiger partial charge in [-0.15, -0.1) is 0 Å². The van der Waals surface area contributed by atoms with E-state index >= 15 is 0 Å². The van der Waals surface area contributed by atoms with Crippen molar-refractivity contribution in [3.05, 3.63) is 34.1 Å². The Morgan fingerprint density at radius 1 is 1.31 bits per heavy atom. The first kappa shape index (κ1) is 13.4. The lowest BCUT2D eigenvalue weighted by Crippen LogP contribution is -2.15. The summed E-state index contributed by atoms with van der Waals surface area (Å²) in [5, 5.41) is 0. The van der Waals surface area contributed by atoms with Crippen molar-refractivity contribution in [3.63, 3.8) is 0 Å². The number of hydrogen-bond donors (Lipinski definition) is 1. The maximum atomic E-state index is 12.9. The van der Waals surface area contributed by atoms with Crippen LogP contribution in [-0.4, -0.2) is 6.18 Å². The first-order valence-electron chi connectivity index (χ1n) is 4.57. The Kier molecular flexibility index (Phi) is 4.32.